The van der Waals surface area contributed by atoms with Gasteiger partial charge in [0.15, 0.2) is 5.96 Å². The van der Waals surface area contributed by atoms with E-state index in [0.29, 0.717) is 5.92 Å². The Morgan fingerprint density at radius 2 is 2.00 bits per heavy atom. The second kappa shape index (κ2) is 11.0. The molecule has 1 aromatic carbocycles. The molecule has 2 heterocycles. The molecule has 0 saturated heterocycles. The molecule has 1 atom stereocenters. The Morgan fingerprint density at radius 1 is 1.15 bits per heavy atom. The molecule has 1 unspecified atom stereocenters. The summed E-state index contributed by atoms with van der Waals surface area (Å²) in [6.07, 6.45) is 7.01. The average molecular weight is 480 g/mol. The van der Waals surface area contributed by atoms with Crippen molar-refractivity contribution in [1.82, 2.24) is 25.0 Å². The number of benzene rings is 1. The standard InChI is InChI=1S/C20H28N6.HI/c1-17(16-26-13-6-11-24-26)15-23-20(21-2)22-10-5-12-25-14-9-18-7-3-4-8-19(18)25;/h3-4,6-9,11,13-14,17H,5,10,12,15-16H2,1-2H3,(H2,21,22,23);1H. The lowest BCUT2D eigenvalue weighted by Gasteiger charge is -2.16. The lowest BCUT2D eigenvalue weighted by molar-refractivity contribution is 0.443. The Labute approximate surface area is 178 Å². The van der Waals surface area contributed by atoms with Gasteiger partial charge < -0.3 is 15.2 Å². The van der Waals surface area contributed by atoms with E-state index < -0.39 is 0 Å². The molecular formula is C20H29IN6. The van der Waals surface area contributed by atoms with E-state index in [2.05, 4.69) is 68.7 Å². The Bertz CT molecular complexity index is 824. The maximum absolute atomic E-state index is 4.31. The molecule has 6 nitrogen and oxygen atoms in total. The monoisotopic (exact) mass is 480 g/mol. The summed E-state index contributed by atoms with van der Waals surface area (Å²) in [6, 6.07) is 12.6. The van der Waals surface area contributed by atoms with Gasteiger partial charge in [-0.15, -0.1) is 24.0 Å². The van der Waals surface area contributed by atoms with Gasteiger partial charge in [-0.1, -0.05) is 25.1 Å². The molecule has 0 radical (unpaired) electrons. The van der Waals surface area contributed by atoms with Crippen molar-refractivity contribution in [2.24, 2.45) is 10.9 Å². The Morgan fingerprint density at radius 3 is 2.78 bits per heavy atom. The van der Waals surface area contributed by atoms with Crippen molar-refractivity contribution in [1.29, 1.82) is 0 Å². The molecule has 0 aliphatic heterocycles. The predicted octanol–water partition coefficient (Wildman–Crippen LogP) is 3.35. The number of aromatic nitrogens is 3. The molecule has 146 valence electrons. The zero-order valence-electron chi connectivity index (χ0n) is 16.0. The van der Waals surface area contributed by atoms with Gasteiger partial charge in [0.05, 0.1) is 0 Å². The van der Waals surface area contributed by atoms with Crippen molar-refractivity contribution in [2.75, 3.05) is 20.1 Å². The zero-order valence-corrected chi connectivity index (χ0v) is 18.3. The molecule has 7 heteroatoms. The highest BCUT2D eigenvalue weighted by Crippen LogP contribution is 2.15. The molecular weight excluding hydrogens is 451 g/mol. The average Bonchev–Trinajstić information content (AvgIpc) is 3.31. The molecule has 3 rings (SSSR count). The van der Waals surface area contributed by atoms with E-state index in [-0.39, 0.29) is 24.0 Å². The topological polar surface area (TPSA) is 59.2 Å². The fourth-order valence-corrected chi connectivity index (χ4v) is 3.08. The van der Waals surface area contributed by atoms with Crippen molar-refractivity contribution >= 4 is 40.8 Å². The van der Waals surface area contributed by atoms with Crippen LogP contribution in [0.1, 0.15) is 13.3 Å². The summed E-state index contributed by atoms with van der Waals surface area (Å²) in [5.41, 5.74) is 1.29. The third-order valence-corrected chi connectivity index (χ3v) is 4.45. The van der Waals surface area contributed by atoms with E-state index in [4.69, 9.17) is 0 Å². The molecule has 0 amide bonds. The van der Waals surface area contributed by atoms with Gasteiger partial charge in [-0.25, -0.2) is 0 Å². The van der Waals surface area contributed by atoms with Crippen molar-refractivity contribution < 1.29 is 0 Å². The van der Waals surface area contributed by atoms with Crippen LogP contribution in [0.5, 0.6) is 0 Å². The second-order valence-electron chi connectivity index (χ2n) is 6.63. The molecule has 0 aliphatic rings. The van der Waals surface area contributed by atoms with Gasteiger partial charge in [0.2, 0.25) is 0 Å². The second-order valence-corrected chi connectivity index (χ2v) is 6.63. The number of hydrogen-bond donors (Lipinski definition) is 2. The third-order valence-electron chi connectivity index (χ3n) is 4.45. The first-order valence-electron chi connectivity index (χ1n) is 9.22. The van der Waals surface area contributed by atoms with Gasteiger partial charge in [-0.2, -0.15) is 5.10 Å². The van der Waals surface area contributed by atoms with Crippen molar-refractivity contribution in [3.8, 4) is 0 Å². The summed E-state index contributed by atoms with van der Waals surface area (Å²) >= 11 is 0. The van der Waals surface area contributed by atoms with Crippen LogP contribution in [0.3, 0.4) is 0 Å². The lowest BCUT2D eigenvalue weighted by Crippen LogP contribution is -2.40. The number of nitrogens with zero attached hydrogens (tertiary/aromatic N) is 4. The minimum Gasteiger partial charge on any atom is -0.356 e. The van der Waals surface area contributed by atoms with Crippen LogP contribution < -0.4 is 10.6 Å². The van der Waals surface area contributed by atoms with Gasteiger partial charge in [0.25, 0.3) is 0 Å². The largest absolute Gasteiger partial charge is 0.356 e. The van der Waals surface area contributed by atoms with E-state index in [1.54, 1.807) is 0 Å². The number of fused-ring (bicyclic) bond motifs is 1. The van der Waals surface area contributed by atoms with E-state index in [1.807, 2.05) is 30.2 Å². The van der Waals surface area contributed by atoms with Crippen LogP contribution in [-0.2, 0) is 13.1 Å². The maximum atomic E-state index is 4.31. The molecule has 2 N–H and O–H groups in total. The highest BCUT2D eigenvalue weighted by molar-refractivity contribution is 14.0. The molecule has 0 fully saturated rings. The molecule has 0 aliphatic carbocycles. The number of aliphatic imine (C=N–C) groups is 1. The summed E-state index contributed by atoms with van der Waals surface area (Å²) in [4.78, 5) is 4.31. The normalized spacial score (nSPS) is 12.6. The highest BCUT2D eigenvalue weighted by Gasteiger charge is 2.05. The van der Waals surface area contributed by atoms with Crippen LogP contribution in [0, 0.1) is 5.92 Å². The zero-order chi connectivity index (χ0) is 18.2. The fraction of sp³-hybridized carbons (Fsp3) is 0.400. The quantitative estimate of drug-likeness (QED) is 0.225. The maximum Gasteiger partial charge on any atom is 0.190 e. The van der Waals surface area contributed by atoms with Crippen LogP contribution >= 0.6 is 24.0 Å². The SMILES string of the molecule is CN=C(NCCCn1ccc2ccccc21)NCC(C)Cn1cccn1.I. The van der Waals surface area contributed by atoms with Crippen LogP contribution in [0.15, 0.2) is 60.0 Å². The summed E-state index contributed by atoms with van der Waals surface area (Å²) < 4.78 is 4.27. The number of rotatable bonds is 8. The Hall–Kier alpha value is -2.03. The summed E-state index contributed by atoms with van der Waals surface area (Å²) in [5, 5.41) is 12.3. The summed E-state index contributed by atoms with van der Waals surface area (Å²) in [6.45, 7) is 5.85. The van der Waals surface area contributed by atoms with Gasteiger partial charge in [-0.3, -0.25) is 9.67 Å². The van der Waals surface area contributed by atoms with E-state index in [1.165, 1.54) is 10.9 Å². The van der Waals surface area contributed by atoms with Gasteiger partial charge >= 0.3 is 0 Å². The highest BCUT2D eigenvalue weighted by atomic mass is 127. The van der Waals surface area contributed by atoms with E-state index in [9.17, 15) is 0 Å². The minimum atomic E-state index is 0. The molecule has 27 heavy (non-hydrogen) atoms. The van der Waals surface area contributed by atoms with Gasteiger partial charge in [-0.05, 0) is 35.9 Å². The van der Waals surface area contributed by atoms with Crippen molar-refractivity contribution in [3.63, 3.8) is 0 Å². The first-order chi connectivity index (χ1) is 12.8. The predicted molar refractivity (Wildman–Crippen MR) is 123 cm³/mol. The van der Waals surface area contributed by atoms with Crippen LogP contribution in [0.25, 0.3) is 10.9 Å². The van der Waals surface area contributed by atoms with Crippen molar-refractivity contribution in [3.05, 3.63) is 55.0 Å². The first-order valence-corrected chi connectivity index (χ1v) is 9.22. The summed E-state index contributed by atoms with van der Waals surface area (Å²) in [5.74, 6) is 1.33. The number of halogens is 1. The van der Waals surface area contributed by atoms with Crippen molar-refractivity contribution in [2.45, 2.75) is 26.4 Å². The van der Waals surface area contributed by atoms with Crippen LogP contribution in [-0.4, -0.2) is 40.4 Å². The molecule has 3 aromatic rings. The number of nitrogens with one attached hydrogen (secondary N) is 2. The number of aryl methyl sites for hydroxylation is 1. The number of hydrogen-bond acceptors (Lipinski definition) is 2. The Balaban J connectivity index is 0.00000261. The number of guanidine groups is 1. The van der Waals surface area contributed by atoms with Gasteiger partial charge in [0.1, 0.15) is 0 Å². The Kier molecular flexibility index (Phi) is 8.63. The smallest absolute Gasteiger partial charge is 0.190 e. The minimum absolute atomic E-state index is 0. The molecule has 2 aromatic heterocycles. The first kappa shape index (κ1) is 21.3. The van der Waals surface area contributed by atoms with Crippen LogP contribution in [0.4, 0.5) is 0 Å². The fourth-order valence-electron chi connectivity index (χ4n) is 3.08. The molecule has 0 saturated carbocycles. The number of para-hydroxylation sites is 1. The van der Waals surface area contributed by atoms with E-state index >= 15 is 0 Å². The molecule has 0 bridgehead atoms. The lowest BCUT2D eigenvalue weighted by atomic mass is 10.2. The van der Waals surface area contributed by atoms with Gasteiger partial charge in [0, 0.05) is 57.3 Å². The third kappa shape index (κ3) is 6.27. The molecule has 0 spiro atoms. The van der Waals surface area contributed by atoms with Crippen LogP contribution in [0.2, 0.25) is 0 Å². The summed E-state index contributed by atoms with van der Waals surface area (Å²) in [7, 11) is 1.81. The van der Waals surface area contributed by atoms with E-state index in [0.717, 1.165) is 38.6 Å².